The van der Waals surface area contributed by atoms with Crippen molar-refractivity contribution in [1.82, 2.24) is 10.3 Å². The van der Waals surface area contributed by atoms with Crippen LogP contribution in [0.15, 0.2) is 23.6 Å². The maximum atomic E-state index is 11.8. The van der Waals surface area contributed by atoms with E-state index < -0.39 is 5.97 Å². The molecule has 0 saturated carbocycles. The minimum absolute atomic E-state index is 0.0180. The van der Waals surface area contributed by atoms with Crippen LogP contribution in [0, 0.1) is 13.8 Å². The zero-order valence-electron chi connectivity index (χ0n) is 12.5. The Labute approximate surface area is 133 Å². The molecule has 0 atom stereocenters. The number of hydrogen-bond donors (Lipinski definition) is 2. The van der Waals surface area contributed by atoms with Crippen LogP contribution in [0.5, 0.6) is 0 Å². The molecule has 1 amide bonds. The molecule has 0 aliphatic rings. The fraction of sp³-hybridized carbons (Fsp3) is 0.312. The van der Waals surface area contributed by atoms with E-state index in [1.807, 2.05) is 13.8 Å². The van der Waals surface area contributed by atoms with Crippen molar-refractivity contribution in [3.8, 4) is 0 Å². The number of rotatable bonds is 6. The molecule has 0 aliphatic heterocycles. The van der Waals surface area contributed by atoms with Gasteiger partial charge in [-0.2, -0.15) is 0 Å². The van der Waals surface area contributed by atoms with E-state index in [2.05, 4.69) is 28.5 Å². The third kappa shape index (κ3) is 4.66. The summed E-state index contributed by atoms with van der Waals surface area (Å²) < 4.78 is 0. The summed E-state index contributed by atoms with van der Waals surface area (Å²) >= 11 is 1.23. The number of carboxylic acid groups (broad SMARTS) is 1. The predicted octanol–water partition coefficient (Wildman–Crippen LogP) is 2.71. The monoisotopic (exact) mass is 318 g/mol. The average molecular weight is 318 g/mol. The highest BCUT2D eigenvalue weighted by atomic mass is 32.1. The van der Waals surface area contributed by atoms with Crippen LogP contribution < -0.4 is 5.32 Å². The summed E-state index contributed by atoms with van der Waals surface area (Å²) in [6.07, 6.45) is 1.09. The molecular formula is C16H18N2O3S. The lowest BCUT2D eigenvalue weighted by molar-refractivity contribution is -0.121. The third-order valence-electron chi connectivity index (χ3n) is 3.13. The molecule has 2 rings (SSSR count). The topological polar surface area (TPSA) is 79.3 Å². The minimum atomic E-state index is -1.05. The first-order chi connectivity index (χ1) is 10.4. The average Bonchev–Trinajstić information content (AvgIpc) is 2.91. The Kier molecular flexibility index (Phi) is 5.27. The van der Waals surface area contributed by atoms with E-state index in [0.29, 0.717) is 17.8 Å². The molecule has 0 bridgehead atoms. The first-order valence-corrected chi connectivity index (χ1v) is 7.83. The lowest BCUT2D eigenvalue weighted by atomic mass is 10.0. The van der Waals surface area contributed by atoms with Crippen molar-refractivity contribution in [2.24, 2.45) is 0 Å². The highest BCUT2D eigenvalue weighted by Crippen LogP contribution is 2.12. The van der Waals surface area contributed by atoms with E-state index in [4.69, 9.17) is 5.11 Å². The van der Waals surface area contributed by atoms with Gasteiger partial charge in [0.05, 0.1) is 6.54 Å². The van der Waals surface area contributed by atoms with Crippen LogP contribution in [0.2, 0.25) is 0 Å². The maximum absolute atomic E-state index is 11.8. The number of amides is 1. The van der Waals surface area contributed by atoms with Crippen molar-refractivity contribution in [3.63, 3.8) is 0 Å². The number of carbonyl (C=O) groups is 2. The molecule has 6 heteroatoms. The molecule has 1 aromatic heterocycles. The Morgan fingerprint density at radius 1 is 1.23 bits per heavy atom. The standard InChI is InChI=1S/C16H18N2O3S/c1-10-5-11(2)7-12(6-10)3-4-14(19)17-8-15-18-13(9-22-15)16(20)21/h5-7,9H,3-4,8H2,1-2H3,(H,17,19)(H,20,21). The summed E-state index contributed by atoms with van der Waals surface area (Å²) in [5.41, 5.74) is 3.55. The first kappa shape index (κ1) is 16.2. The van der Waals surface area contributed by atoms with Gasteiger partial charge in [-0.3, -0.25) is 4.79 Å². The molecule has 2 N–H and O–H groups in total. The van der Waals surface area contributed by atoms with Gasteiger partial charge in [-0.05, 0) is 25.8 Å². The maximum Gasteiger partial charge on any atom is 0.355 e. The molecule has 0 unspecified atom stereocenters. The van der Waals surface area contributed by atoms with Gasteiger partial charge in [-0.15, -0.1) is 11.3 Å². The van der Waals surface area contributed by atoms with Gasteiger partial charge >= 0.3 is 5.97 Å². The van der Waals surface area contributed by atoms with Crippen LogP contribution in [0.4, 0.5) is 0 Å². The van der Waals surface area contributed by atoms with Gasteiger partial charge in [-0.25, -0.2) is 9.78 Å². The van der Waals surface area contributed by atoms with E-state index >= 15 is 0 Å². The van der Waals surface area contributed by atoms with Crippen molar-refractivity contribution >= 4 is 23.2 Å². The third-order valence-corrected chi connectivity index (χ3v) is 3.98. The van der Waals surface area contributed by atoms with Gasteiger partial charge in [0.1, 0.15) is 5.01 Å². The Morgan fingerprint density at radius 2 is 1.91 bits per heavy atom. The fourth-order valence-corrected chi connectivity index (χ4v) is 2.93. The van der Waals surface area contributed by atoms with Gasteiger partial charge in [-0.1, -0.05) is 29.3 Å². The molecule has 116 valence electrons. The Hall–Kier alpha value is -2.21. The van der Waals surface area contributed by atoms with E-state index in [1.165, 1.54) is 27.8 Å². The normalized spacial score (nSPS) is 10.5. The summed E-state index contributed by atoms with van der Waals surface area (Å²) in [6.45, 7) is 4.35. The SMILES string of the molecule is Cc1cc(C)cc(CCC(=O)NCc2nc(C(=O)O)cs2)c1. The van der Waals surface area contributed by atoms with Crippen molar-refractivity contribution in [1.29, 1.82) is 0 Å². The Bertz CT molecular complexity index is 674. The predicted molar refractivity (Wildman–Crippen MR) is 85.2 cm³/mol. The summed E-state index contributed by atoms with van der Waals surface area (Å²) in [5.74, 6) is -1.12. The molecule has 5 nitrogen and oxygen atoms in total. The molecule has 0 saturated heterocycles. The summed E-state index contributed by atoms with van der Waals surface area (Å²) in [6, 6.07) is 6.27. The molecule has 1 heterocycles. The van der Waals surface area contributed by atoms with Crippen molar-refractivity contribution < 1.29 is 14.7 Å². The number of aryl methyl sites for hydroxylation is 3. The number of thiazole rings is 1. The molecule has 22 heavy (non-hydrogen) atoms. The van der Waals surface area contributed by atoms with E-state index in [0.717, 1.165) is 5.56 Å². The van der Waals surface area contributed by atoms with Gasteiger partial charge in [0.2, 0.25) is 5.91 Å². The smallest absolute Gasteiger partial charge is 0.355 e. The quantitative estimate of drug-likeness (QED) is 0.858. The van der Waals surface area contributed by atoms with Crippen LogP contribution in [0.3, 0.4) is 0 Å². The Morgan fingerprint density at radius 3 is 2.50 bits per heavy atom. The highest BCUT2D eigenvalue weighted by Gasteiger charge is 2.09. The number of carboxylic acids is 1. The van der Waals surface area contributed by atoms with Gasteiger partial charge in [0.25, 0.3) is 0 Å². The first-order valence-electron chi connectivity index (χ1n) is 6.95. The molecular weight excluding hydrogens is 300 g/mol. The largest absolute Gasteiger partial charge is 0.476 e. The van der Waals surface area contributed by atoms with Crippen LogP contribution in [0.1, 0.15) is 38.6 Å². The lowest BCUT2D eigenvalue weighted by Gasteiger charge is -2.06. The van der Waals surface area contributed by atoms with Crippen molar-refractivity contribution in [2.45, 2.75) is 33.2 Å². The van der Waals surface area contributed by atoms with Crippen molar-refractivity contribution in [3.05, 3.63) is 51.0 Å². The number of carbonyl (C=O) groups excluding carboxylic acids is 1. The summed E-state index contributed by atoms with van der Waals surface area (Å²) in [5, 5.41) is 13.6. The van der Waals surface area contributed by atoms with Gasteiger partial charge in [0, 0.05) is 11.8 Å². The van der Waals surface area contributed by atoms with Gasteiger partial charge < -0.3 is 10.4 Å². The van der Waals surface area contributed by atoms with Crippen LogP contribution in [0.25, 0.3) is 0 Å². The second kappa shape index (κ2) is 7.17. The van der Waals surface area contributed by atoms with E-state index in [9.17, 15) is 9.59 Å². The molecule has 2 aromatic rings. The lowest BCUT2D eigenvalue weighted by Crippen LogP contribution is -2.23. The van der Waals surface area contributed by atoms with Crippen LogP contribution in [-0.2, 0) is 17.8 Å². The molecule has 0 aliphatic carbocycles. The summed E-state index contributed by atoms with van der Waals surface area (Å²) in [4.78, 5) is 26.5. The van der Waals surface area contributed by atoms with E-state index in [1.54, 1.807) is 0 Å². The molecule has 0 radical (unpaired) electrons. The summed E-state index contributed by atoms with van der Waals surface area (Å²) in [7, 11) is 0. The highest BCUT2D eigenvalue weighted by molar-refractivity contribution is 7.09. The fourth-order valence-electron chi connectivity index (χ4n) is 2.22. The second-order valence-corrected chi connectivity index (χ2v) is 6.15. The molecule has 0 spiro atoms. The Balaban J connectivity index is 1.81. The zero-order valence-corrected chi connectivity index (χ0v) is 13.4. The van der Waals surface area contributed by atoms with Crippen LogP contribution in [-0.4, -0.2) is 22.0 Å². The zero-order chi connectivity index (χ0) is 16.1. The molecule has 1 aromatic carbocycles. The number of benzene rings is 1. The minimum Gasteiger partial charge on any atom is -0.476 e. The number of aromatic carboxylic acids is 1. The number of aromatic nitrogens is 1. The number of hydrogen-bond acceptors (Lipinski definition) is 4. The van der Waals surface area contributed by atoms with E-state index in [-0.39, 0.29) is 18.1 Å². The van der Waals surface area contributed by atoms with Crippen molar-refractivity contribution in [2.75, 3.05) is 0 Å². The molecule has 0 fully saturated rings. The number of nitrogens with zero attached hydrogens (tertiary/aromatic N) is 1. The van der Waals surface area contributed by atoms with Crippen LogP contribution >= 0.6 is 11.3 Å². The van der Waals surface area contributed by atoms with Gasteiger partial charge in [0.15, 0.2) is 5.69 Å². The second-order valence-electron chi connectivity index (χ2n) is 5.20. The number of nitrogens with one attached hydrogen (secondary N) is 1.